The molecular weight excluding hydrogens is 949 g/mol. The Hall–Kier alpha value is -4.88. The minimum absolute atomic E-state index is 0.0293. The summed E-state index contributed by atoms with van der Waals surface area (Å²) in [6, 6.07) is 0. The number of rotatable bonds is 46. The standard InChI is InChI=1S/C63H98O12/c1-4-7-10-13-16-19-22-25-26-27-28-29-30-33-36-39-42-45-48-51-57(66)74-61-59(68)58(67)60(62(69)70)75-63(61)72-53-54(73-56(65)50-47-44-41-38-35-32-24-21-18-15-12-9-6-3)52-71-55(64)49-46-43-40-37-34-31-23-20-17-14-11-8-5-2/h7-8,10-12,15-17,19-21,24-26,28-29,31,34,40,43,54,58-61,63,67-68H,4-6,9,13-14,18,22-23,27,30,32-33,35-39,41-42,44-53H2,1-3H3,(H,69,70)/b10-7-,11-8-,15-12-,19-16-,20-17-,24-21-,26-25-,29-28-,34-31-,43-40-. The molecule has 6 atom stereocenters. The zero-order chi connectivity index (χ0) is 54.7. The van der Waals surface area contributed by atoms with Crippen LogP contribution in [0.15, 0.2) is 122 Å². The number of unbranched alkanes of at least 4 members (excludes halogenated alkanes) is 12. The largest absolute Gasteiger partial charge is 0.479 e. The van der Waals surface area contributed by atoms with Gasteiger partial charge >= 0.3 is 23.9 Å². The number of carbonyl (C=O) groups excluding carboxylic acids is 3. The first-order valence-electron chi connectivity index (χ1n) is 28.5. The van der Waals surface area contributed by atoms with Gasteiger partial charge in [0.15, 0.2) is 24.6 Å². The van der Waals surface area contributed by atoms with Gasteiger partial charge in [0.05, 0.1) is 6.61 Å². The van der Waals surface area contributed by atoms with Crippen molar-refractivity contribution >= 4 is 23.9 Å². The van der Waals surface area contributed by atoms with Crippen molar-refractivity contribution in [1.82, 2.24) is 0 Å². The van der Waals surface area contributed by atoms with E-state index < -0.39 is 67.3 Å². The van der Waals surface area contributed by atoms with Crippen LogP contribution in [0.2, 0.25) is 0 Å². The summed E-state index contributed by atoms with van der Waals surface area (Å²) < 4.78 is 28.3. The van der Waals surface area contributed by atoms with E-state index >= 15 is 0 Å². The van der Waals surface area contributed by atoms with Crippen LogP contribution >= 0.6 is 0 Å². The zero-order valence-corrected chi connectivity index (χ0v) is 46.2. The van der Waals surface area contributed by atoms with Gasteiger partial charge < -0.3 is 39.0 Å². The van der Waals surface area contributed by atoms with Crippen LogP contribution in [0.1, 0.15) is 201 Å². The summed E-state index contributed by atoms with van der Waals surface area (Å²) in [4.78, 5) is 51.0. The van der Waals surface area contributed by atoms with Gasteiger partial charge in [-0.2, -0.15) is 0 Å². The molecule has 0 aliphatic carbocycles. The van der Waals surface area contributed by atoms with Crippen LogP contribution in [-0.2, 0) is 42.9 Å². The lowest BCUT2D eigenvalue weighted by molar-refractivity contribution is -0.301. The lowest BCUT2D eigenvalue weighted by Gasteiger charge is -2.40. The van der Waals surface area contributed by atoms with Crippen molar-refractivity contribution in [2.75, 3.05) is 13.2 Å². The summed E-state index contributed by atoms with van der Waals surface area (Å²) in [7, 11) is 0. The highest BCUT2D eigenvalue weighted by atomic mass is 16.7. The first-order valence-corrected chi connectivity index (χ1v) is 28.5. The van der Waals surface area contributed by atoms with E-state index in [1.165, 1.54) is 0 Å². The summed E-state index contributed by atoms with van der Waals surface area (Å²) in [6.45, 7) is 5.59. The minimum Gasteiger partial charge on any atom is -0.479 e. The van der Waals surface area contributed by atoms with E-state index in [1.807, 2.05) is 12.2 Å². The molecule has 1 aliphatic rings. The Bertz CT molecular complexity index is 1770. The van der Waals surface area contributed by atoms with E-state index in [1.54, 1.807) is 0 Å². The van der Waals surface area contributed by atoms with E-state index in [0.29, 0.717) is 19.3 Å². The van der Waals surface area contributed by atoms with Gasteiger partial charge in [0.25, 0.3) is 0 Å². The Labute approximate surface area is 452 Å². The fourth-order valence-corrected chi connectivity index (χ4v) is 7.70. The van der Waals surface area contributed by atoms with Crippen molar-refractivity contribution in [1.29, 1.82) is 0 Å². The van der Waals surface area contributed by atoms with Crippen LogP contribution in [0.25, 0.3) is 0 Å². The van der Waals surface area contributed by atoms with Crippen molar-refractivity contribution in [3.05, 3.63) is 122 Å². The van der Waals surface area contributed by atoms with E-state index in [9.17, 15) is 34.5 Å². The van der Waals surface area contributed by atoms with Crippen molar-refractivity contribution in [3.63, 3.8) is 0 Å². The topological polar surface area (TPSA) is 175 Å². The third kappa shape index (κ3) is 40.1. The molecule has 0 bridgehead atoms. The number of allylic oxidation sites excluding steroid dienone is 20. The second kappa shape index (κ2) is 50.0. The number of carboxylic acid groups (broad SMARTS) is 1. The maximum absolute atomic E-state index is 13.1. The van der Waals surface area contributed by atoms with Gasteiger partial charge in [-0.1, -0.05) is 194 Å². The van der Waals surface area contributed by atoms with Crippen LogP contribution in [-0.4, -0.2) is 89.2 Å². The molecule has 0 saturated carbocycles. The molecule has 6 unspecified atom stereocenters. The zero-order valence-electron chi connectivity index (χ0n) is 46.2. The van der Waals surface area contributed by atoms with Crippen LogP contribution in [0, 0.1) is 0 Å². The third-order valence-electron chi connectivity index (χ3n) is 12.0. The molecule has 1 fully saturated rings. The summed E-state index contributed by atoms with van der Waals surface area (Å²) in [5, 5.41) is 31.5. The molecule has 3 N–H and O–H groups in total. The number of aliphatic carboxylic acids is 1. The van der Waals surface area contributed by atoms with Crippen molar-refractivity contribution in [2.45, 2.75) is 237 Å². The molecule has 12 nitrogen and oxygen atoms in total. The molecule has 1 heterocycles. The molecule has 422 valence electrons. The molecule has 12 heteroatoms. The molecule has 0 aromatic rings. The Balaban J connectivity index is 2.74. The minimum atomic E-state index is -1.93. The Kier molecular flexibility index (Phi) is 45.4. The smallest absolute Gasteiger partial charge is 0.335 e. The highest BCUT2D eigenvalue weighted by Gasteiger charge is 2.50. The molecule has 75 heavy (non-hydrogen) atoms. The summed E-state index contributed by atoms with van der Waals surface area (Å²) >= 11 is 0. The average Bonchev–Trinajstić information content (AvgIpc) is 3.39. The number of hydrogen-bond donors (Lipinski definition) is 3. The number of ether oxygens (including phenoxy) is 5. The molecular formula is C63H98O12. The average molecular weight is 1050 g/mol. The second-order valence-electron chi connectivity index (χ2n) is 18.8. The molecule has 0 aromatic carbocycles. The maximum Gasteiger partial charge on any atom is 0.335 e. The molecule has 1 rings (SSSR count). The van der Waals surface area contributed by atoms with Crippen LogP contribution in [0.3, 0.4) is 0 Å². The quantitative estimate of drug-likeness (QED) is 0.0228. The van der Waals surface area contributed by atoms with Crippen molar-refractivity contribution < 1.29 is 58.2 Å². The fraction of sp³-hybridized carbons (Fsp3) is 0.619. The number of carbonyl (C=O) groups is 4. The fourth-order valence-electron chi connectivity index (χ4n) is 7.70. The van der Waals surface area contributed by atoms with Gasteiger partial charge in [-0.05, 0) is 109 Å². The van der Waals surface area contributed by atoms with Crippen molar-refractivity contribution in [3.8, 4) is 0 Å². The molecule has 0 amide bonds. The van der Waals surface area contributed by atoms with Gasteiger partial charge in [-0.3, -0.25) is 14.4 Å². The molecule has 1 aliphatic heterocycles. The number of esters is 3. The molecule has 0 spiro atoms. The molecule has 0 radical (unpaired) electrons. The molecule has 1 saturated heterocycles. The molecule has 0 aromatic heterocycles. The van der Waals surface area contributed by atoms with Crippen molar-refractivity contribution in [2.24, 2.45) is 0 Å². The van der Waals surface area contributed by atoms with Crippen LogP contribution < -0.4 is 0 Å². The van der Waals surface area contributed by atoms with E-state index in [-0.39, 0.29) is 25.9 Å². The highest BCUT2D eigenvalue weighted by Crippen LogP contribution is 2.26. The lowest BCUT2D eigenvalue weighted by atomic mass is 9.98. The van der Waals surface area contributed by atoms with Gasteiger partial charge in [-0.25, -0.2) is 4.79 Å². The normalized spacial score (nSPS) is 19.1. The summed E-state index contributed by atoms with van der Waals surface area (Å²) in [5.74, 6) is -3.28. The Morgan fingerprint density at radius 2 is 0.867 bits per heavy atom. The Morgan fingerprint density at radius 3 is 1.33 bits per heavy atom. The predicted octanol–water partition coefficient (Wildman–Crippen LogP) is 14.4. The highest BCUT2D eigenvalue weighted by molar-refractivity contribution is 5.74. The third-order valence-corrected chi connectivity index (χ3v) is 12.0. The van der Waals surface area contributed by atoms with E-state index in [0.717, 1.165) is 141 Å². The number of aliphatic hydroxyl groups is 2. The summed E-state index contributed by atoms with van der Waals surface area (Å²) in [5.41, 5.74) is 0. The number of carboxylic acids is 1. The predicted molar refractivity (Wildman–Crippen MR) is 303 cm³/mol. The van der Waals surface area contributed by atoms with Crippen LogP contribution in [0.5, 0.6) is 0 Å². The van der Waals surface area contributed by atoms with Gasteiger partial charge in [0.2, 0.25) is 0 Å². The van der Waals surface area contributed by atoms with E-state index in [2.05, 4.69) is 130 Å². The lowest BCUT2D eigenvalue weighted by Crippen LogP contribution is -2.61. The SMILES string of the molecule is CC/C=C\C/C=C\C/C=C\C/C=C\CCCCCCCCC(=O)OC1C(OCC(COC(=O)CC/C=C\C/C=C\C/C=C\C/C=C\CC)OC(=O)CCCCCCC/C=C\C/C=C\CCC)OC(C(=O)O)C(O)C1O. The number of hydrogen-bond acceptors (Lipinski definition) is 11. The van der Waals surface area contributed by atoms with Gasteiger partial charge in [0.1, 0.15) is 18.8 Å². The van der Waals surface area contributed by atoms with Crippen LogP contribution in [0.4, 0.5) is 0 Å². The second-order valence-corrected chi connectivity index (χ2v) is 18.8. The number of aliphatic hydroxyl groups excluding tert-OH is 2. The monoisotopic (exact) mass is 1050 g/mol. The first-order chi connectivity index (χ1) is 36.6. The summed E-state index contributed by atoms with van der Waals surface area (Å²) in [6.07, 6.45) is 56.1. The Morgan fingerprint density at radius 1 is 0.453 bits per heavy atom. The van der Waals surface area contributed by atoms with Gasteiger partial charge in [-0.15, -0.1) is 0 Å². The van der Waals surface area contributed by atoms with Gasteiger partial charge in [0, 0.05) is 19.3 Å². The first kappa shape index (κ1) is 68.1. The van der Waals surface area contributed by atoms with E-state index in [4.69, 9.17) is 23.7 Å². The maximum atomic E-state index is 13.1.